The molecule has 0 atom stereocenters. The van der Waals surface area contributed by atoms with E-state index in [1.165, 1.54) is 5.56 Å². The van der Waals surface area contributed by atoms with Gasteiger partial charge in [-0.2, -0.15) is 0 Å². The van der Waals surface area contributed by atoms with Gasteiger partial charge in [0.25, 0.3) is 0 Å². The third-order valence-electron chi connectivity index (χ3n) is 3.57. The van der Waals surface area contributed by atoms with Crippen LogP contribution in [0.2, 0.25) is 0 Å². The van der Waals surface area contributed by atoms with Crippen LogP contribution in [0.1, 0.15) is 38.2 Å². The minimum Gasteiger partial charge on any atom is -0.496 e. The van der Waals surface area contributed by atoms with E-state index in [2.05, 4.69) is 31.1 Å². The molecule has 0 fully saturated rings. The zero-order chi connectivity index (χ0) is 13.8. The summed E-state index contributed by atoms with van der Waals surface area (Å²) in [6.45, 7) is 4.40. The first-order valence-electron chi connectivity index (χ1n) is 6.59. The van der Waals surface area contributed by atoms with Crippen LogP contribution in [0.25, 0.3) is 11.1 Å². The van der Waals surface area contributed by atoms with E-state index in [1.807, 2.05) is 6.07 Å². The number of nitrogens with two attached hydrogens (primary N) is 1. The van der Waals surface area contributed by atoms with Gasteiger partial charge in [0.05, 0.1) is 18.9 Å². The van der Waals surface area contributed by atoms with Crippen LogP contribution in [-0.4, -0.2) is 12.3 Å². The summed E-state index contributed by atoms with van der Waals surface area (Å²) in [5.74, 6) is 1.65. The van der Waals surface area contributed by atoms with E-state index in [0.717, 1.165) is 29.7 Å². The second-order valence-corrected chi connectivity index (χ2v) is 4.58. The number of anilines is 1. The lowest BCUT2D eigenvalue weighted by Crippen LogP contribution is -1.98. The fourth-order valence-electron chi connectivity index (χ4n) is 2.40. The zero-order valence-electron chi connectivity index (χ0n) is 11.6. The molecule has 102 valence electrons. The molecule has 4 nitrogen and oxygen atoms in total. The van der Waals surface area contributed by atoms with Gasteiger partial charge in [-0.05, 0) is 36.5 Å². The lowest BCUT2D eigenvalue weighted by molar-refractivity contribution is 0.416. The standard InChI is InChI=1S/C15H20N2O2/c1-4-10(5-2)11-6-7-14(18-3)12(8-11)13-9-17-19-15(13)16/h6-10H,4-5,16H2,1-3H3. The van der Waals surface area contributed by atoms with Gasteiger partial charge >= 0.3 is 0 Å². The monoisotopic (exact) mass is 260 g/mol. The second-order valence-electron chi connectivity index (χ2n) is 4.58. The van der Waals surface area contributed by atoms with Crippen LogP contribution in [0, 0.1) is 0 Å². The van der Waals surface area contributed by atoms with E-state index < -0.39 is 0 Å². The molecule has 0 unspecified atom stereocenters. The minimum atomic E-state index is 0.319. The van der Waals surface area contributed by atoms with Crippen molar-refractivity contribution in [2.45, 2.75) is 32.6 Å². The highest BCUT2D eigenvalue weighted by molar-refractivity contribution is 5.77. The number of nitrogens with zero attached hydrogens (tertiary/aromatic N) is 1. The van der Waals surface area contributed by atoms with Gasteiger partial charge in [-0.1, -0.05) is 25.1 Å². The Morgan fingerprint density at radius 3 is 2.53 bits per heavy atom. The maximum absolute atomic E-state index is 5.80. The highest BCUT2D eigenvalue weighted by Crippen LogP contribution is 2.37. The maximum Gasteiger partial charge on any atom is 0.230 e. The van der Waals surface area contributed by atoms with Crippen molar-refractivity contribution in [3.05, 3.63) is 30.0 Å². The van der Waals surface area contributed by atoms with E-state index in [-0.39, 0.29) is 0 Å². The lowest BCUT2D eigenvalue weighted by Gasteiger charge is -2.16. The normalized spacial score (nSPS) is 10.9. The van der Waals surface area contributed by atoms with Crippen LogP contribution in [0.4, 0.5) is 5.88 Å². The number of hydrogen-bond acceptors (Lipinski definition) is 4. The molecule has 0 spiro atoms. The molecule has 0 bridgehead atoms. The molecule has 1 heterocycles. The van der Waals surface area contributed by atoms with Crippen LogP contribution >= 0.6 is 0 Å². The molecule has 4 heteroatoms. The molecule has 1 aromatic heterocycles. The number of rotatable bonds is 5. The van der Waals surface area contributed by atoms with Crippen molar-refractivity contribution in [3.63, 3.8) is 0 Å². The fourth-order valence-corrected chi connectivity index (χ4v) is 2.40. The molecule has 2 N–H and O–H groups in total. The van der Waals surface area contributed by atoms with E-state index >= 15 is 0 Å². The van der Waals surface area contributed by atoms with Crippen molar-refractivity contribution < 1.29 is 9.26 Å². The quantitative estimate of drug-likeness (QED) is 0.887. The molecule has 0 saturated carbocycles. The largest absolute Gasteiger partial charge is 0.496 e. The predicted octanol–water partition coefficient (Wildman–Crippen LogP) is 3.84. The van der Waals surface area contributed by atoms with Crippen molar-refractivity contribution in [2.24, 2.45) is 0 Å². The smallest absolute Gasteiger partial charge is 0.230 e. The van der Waals surface area contributed by atoms with Gasteiger partial charge in [0.1, 0.15) is 5.75 Å². The average Bonchev–Trinajstić information content (AvgIpc) is 2.86. The average molecular weight is 260 g/mol. The molecular weight excluding hydrogens is 240 g/mol. The highest BCUT2D eigenvalue weighted by atomic mass is 16.5. The van der Waals surface area contributed by atoms with Crippen molar-refractivity contribution in [1.29, 1.82) is 0 Å². The SMILES string of the molecule is CCC(CC)c1ccc(OC)c(-c2cnoc2N)c1. The van der Waals surface area contributed by atoms with Crippen LogP contribution in [-0.2, 0) is 0 Å². The molecule has 0 amide bonds. The Hall–Kier alpha value is -1.97. The van der Waals surface area contributed by atoms with E-state index in [1.54, 1.807) is 13.3 Å². The molecule has 0 aliphatic rings. The first-order valence-corrected chi connectivity index (χ1v) is 6.59. The van der Waals surface area contributed by atoms with Crippen molar-refractivity contribution in [1.82, 2.24) is 5.16 Å². The second kappa shape index (κ2) is 5.78. The summed E-state index contributed by atoms with van der Waals surface area (Å²) < 4.78 is 10.3. The zero-order valence-corrected chi connectivity index (χ0v) is 11.6. The van der Waals surface area contributed by atoms with Crippen LogP contribution < -0.4 is 10.5 Å². The van der Waals surface area contributed by atoms with Crippen LogP contribution in [0.3, 0.4) is 0 Å². The van der Waals surface area contributed by atoms with Crippen molar-refractivity contribution in [3.8, 4) is 16.9 Å². The number of ether oxygens (including phenoxy) is 1. The maximum atomic E-state index is 5.80. The first kappa shape index (κ1) is 13.5. The van der Waals surface area contributed by atoms with Crippen LogP contribution in [0.5, 0.6) is 5.75 Å². The van der Waals surface area contributed by atoms with Crippen molar-refractivity contribution >= 4 is 5.88 Å². The first-order chi connectivity index (χ1) is 9.21. The van der Waals surface area contributed by atoms with Gasteiger partial charge in [0.2, 0.25) is 5.88 Å². The third-order valence-corrected chi connectivity index (χ3v) is 3.57. The van der Waals surface area contributed by atoms with Gasteiger partial charge in [-0.3, -0.25) is 0 Å². The molecule has 0 aliphatic carbocycles. The van der Waals surface area contributed by atoms with Crippen molar-refractivity contribution in [2.75, 3.05) is 12.8 Å². The molecule has 1 aromatic carbocycles. The van der Waals surface area contributed by atoms with E-state index in [4.69, 9.17) is 15.0 Å². The number of methoxy groups -OCH3 is 1. The Morgan fingerprint density at radius 2 is 2.00 bits per heavy atom. The highest BCUT2D eigenvalue weighted by Gasteiger charge is 2.15. The van der Waals surface area contributed by atoms with Gasteiger partial charge in [-0.25, -0.2) is 0 Å². The molecular formula is C15H20N2O2. The number of aromatic nitrogens is 1. The third kappa shape index (κ3) is 2.57. The molecule has 0 saturated heterocycles. The molecule has 0 radical (unpaired) electrons. The summed E-state index contributed by atoms with van der Waals surface area (Å²) in [4.78, 5) is 0. The van der Waals surface area contributed by atoms with E-state index in [0.29, 0.717) is 11.8 Å². The minimum absolute atomic E-state index is 0.319. The Bertz CT molecular complexity index is 545. The van der Waals surface area contributed by atoms with Crippen LogP contribution in [0.15, 0.2) is 28.9 Å². The summed E-state index contributed by atoms with van der Waals surface area (Å²) >= 11 is 0. The number of nitrogen functional groups attached to an aromatic ring is 1. The number of hydrogen-bond donors (Lipinski definition) is 1. The van der Waals surface area contributed by atoms with Gasteiger partial charge in [0.15, 0.2) is 0 Å². The van der Waals surface area contributed by atoms with E-state index in [9.17, 15) is 0 Å². The number of benzene rings is 1. The summed E-state index contributed by atoms with van der Waals surface area (Å²) in [6.07, 6.45) is 3.85. The van der Waals surface area contributed by atoms with Gasteiger partial charge < -0.3 is 15.0 Å². The topological polar surface area (TPSA) is 61.3 Å². The van der Waals surface area contributed by atoms with Gasteiger partial charge in [0, 0.05) is 5.56 Å². The van der Waals surface area contributed by atoms with Gasteiger partial charge in [-0.15, -0.1) is 0 Å². The summed E-state index contributed by atoms with van der Waals surface area (Å²) in [5, 5.41) is 3.73. The Labute approximate surface area is 113 Å². The summed E-state index contributed by atoms with van der Waals surface area (Å²) in [5.41, 5.74) is 8.81. The summed E-state index contributed by atoms with van der Waals surface area (Å²) in [7, 11) is 1.65. The Kier molecular flexibility index (Phi) is 4.10. The molecule has 2 rings (SSSR count). The molecule has 19 heavy (non-hydrogen) atoms. The fraction of sp³-hybridized carbons (Fsp3) is 0.400. The lowest BCUT2D eigenvalue weighted by atomic mass is 9.91. The molecule has 2 aromatic rings. The Morgan fingerprint density at radius 1 is 1.26 bits per heavy atom. The predicted molar refractivity (Wildman–Crippen MR) is 76.2 cm³/mol. The summed E-state index contributed by atoms with van der Waals surface area (Å²) in [6, 6.07) is 6.22. The Balaban J connectivity index is 2.51. The molecule has 0 aliphatic heterocycles.